The molecule has 1 aliphatic heterocycles. The van der Waals surface area contributed by atoms with Crippen LogP contribution < -0.4 is 5.32 Å². The van der Waals surface area contributed by atoms with Crippen molar-refractivity contribution in [2.45, 2.75) is 33.7 Å². The number of carbonyl (C=O) groups is 1. The van der Waals surface area contributed by atoms with Gasteiger partial charge in [0.1, 0.15) is 0 Å². The Hall–Kier alpha value is -2.28. The molecule has 0 unspecified atom stereocenters. The monoisotopic (exact) mass is 472 g/mol. The largest absolute Gasteiger partial charge is 0.332 e. The summed E-state index contributed by atoms with van der Waals surface area (Å²) in [4.78, 5) is 21.6. The van der Waals surface area contributed by atoms with Crippen LogP contribution >= 0.6 is 35.0 Å². The summed E-state index contributed by atoms with van der Waals surface area (Å²) in [6.07, 6.45) is 4.77. The number of anilines is 1. The molecule has 4 rings (SSSR count). The van der Waals surface area contributed by atoms with Gasteiger partial charge in [-0.1, -0.05) is 56.1 Å². The van der Waals surface area contributed by atoms with E-state index in [-0.39, 0.29) is 11.3 Å². The molecule has 1 N–H and O–H groups in total. The molecule has 2 heterocycles. The van der Waals surface area contributed by atoms with Crippen LogP contribution in [0.25, 0.3) is 17.1 Å². The molecule has 0 aliphatic carbocycles. The Labute approximate surface area is 195 Å². The lowest BCUT2D eigenvalue weighted by Gasteiger charge is -2.18. The first kappa shape index (κ1) is 21.9. The fourth-order valence-corrected chi connectivity index (χ4v) is 4.45. The molecular formula is C23H22Cl2N4OS. The predicted molar refractivity (Wildman–Crippen MR) is 132 cm³/mol. The molecule has 31 heavy (non-hydrogen) atoms. The van der Waals surface area contributed by atoms with E-state index in [1.165, 1.54) is 11.8 Å². The maximum atomic E-state index is 12.4. The van der Waals surface area contributed by atoms with Crippen molar-refractivity contribution >= 4 is 68.8 Å². The summed E-state index contributed by atoms with van der Waals surface area (Å²) >= 11 is 13.7. The van der Waals surface area contributed by atoms with E-state index in [1.807, 2.05) is 24.5 Å². The summed E-state index contributed by atoms with van der Waals surface area (Å²) in [5.41, 5.74) is 3.70. The number of nitrogens with one attached hydrogen (secondary N) is 1. The zero-order chi connectivity index (χ0) is 22.2. The molecule has 160 valence electrons. The van der Waals surface area contributed by atoms with E-state index in [2.05, 4.69) is 46.7 Å². The van der Waals surface area contributed by atoms with Crippen LogP contribution in [0, 0.1) is 5.41 Å². The highest BCUT2D eigenvalue weighted by molar-refractivity contribution is 8.18. The van der Waals surface area contributed by atoms with Crippen LogP contribution in [0.4, 0.5) is 5.69 Å². The summed E-state index contributed by atoms with van der Waals surface area (Å²) in [6.45, 7) is 7.58. The van der Waals surface area contributed by atoms with Gasteiger partial charge in [0.15, 0.2) is 5.17 Å². The minimum Gasteiger partial charge on any atom is -0.332 e. The first-order chi connectivity index (χ1) is 14.7. The number of imidazole rings is 1. The van der Waals surface area contributed by atoms with E-state index in [9.17, 15) is 4.79 Å². The highest BCUT2D eigenvalue weighted by Crippen LogP contribution is 2.35. The van der Waals surface area contributed by atoms with Crippen LogP contribution in [0.3, 0.4) is 0 Å². The normalized spacial score (nSPS) is 15.7. The summed E-state index contributed by atoms with van der Waals surface area (Å²) in [5.74, 6) is -0.294. The van der Waals surface area contributed by atoms with Gasteiger partial charge in [-0.15, -0.1) is 0 Å². The average molecular weight is 473 g/mol. The van der Waals surface area contributed by atoms with Crippen LogP contribution in [-0.2, 0) is 11.3 Å². The second-order valence-corrected chi connectivity index (χ2v) is 10.4. The zero-order valence-electron chi connectivity index (χ0n) is 17.4. The third kappa shape index (κ3) is 5.14. The smallest absolute Gasteiger partial charge is 0.286 e. The SMILES string of the molecule is CC(C)(C)CCn1cnc2ccc(/C=C3\SC(Nc4c(Cl)cccc4Cl)=NC3=O)cc21. The number of hydrogen-bond donors (Lipinski definition) is 1. The fourth-order valence-electron chi connectivity index (χ4n) is 3.14. The Bertz CT molecular complexity index is 1200. The molecule has 0 spiro atoms. The van der Waals surface area contributed by atoms with Crippen molar-refractivity contribution in [1.82, 2.24) is 9.55 Å². The van der Waals surface area contributed by atoms with Crippen molar-refractivity contribution in [3.05, 3.63) is 63.2 Å². The second kappa shape index (κ2) is 8.69. The van der Waals surface area contributed by atoms with Crippen molar-refractivity contribution in [2.24, 2.45) is 10.4 Å². The second-order valence-electron chi connectivity index (χ2n) is 8.55. The van der Waals surface area contributed by atoms with Crippen LogP contribution in [-0.4, -0.2) is 20.6 Å². The van der Waals surface area contributed by atoms with Gasteiger partial charge in [-0.3, -0.25) is 4.79 Å². The quantitative estimate of drug-likeness (QED) is 0.421. The first-order valence-electron chi connectivity index (χ1n) is 9.88. The molecule has 0 radical (unpaired) electrons. The minimum absolute atomic E-state index is 0.244. The third-order valence-electron chi connectivity index (χ3n) is 4.86. The van der Waals surface area contributed by atoms with Crippen LogP contribution in [0.15, 0.2) is 52.6 Å². The van der Waals surface area contributed by atoms with E-state index < -0.39 is 0 Å². The fraction of sp³-hybridized carbons (Fsp3) is 0.261. The first-order valence-corrected chi connectivity index (χ1v) is 11.5. The lowest BCUT2D eigenvalue weighted by molar-refractivity contribution is -0.113. The molecule has 1 aliphatic rings. The zero-order valence-corrected chi connectivity index (χ0v) is 19.8. The number of hydrogen-bond acceptors (Lipinski definition) is 4. The molecule has 1 amide bonds. The van der Waals surface area contributed by atoms with Gasteiger partial charge >= 0.3 is 0 Å². The van der Waals surface area contributed by atoms with E-state index in [1.54, 1.807) is 18.2 Å². The number of aromatic nitrogens is 2. The molecule has 0 atom stereocenters. The van der Waals surface area contributed by atoms with Gasteiger partial charge in [0.25, 0.3) is 5.91 Å². The van der Waals surface area contributed by atoms with Crippen LogP contribution in [0.1, 0.15) is 32.8 Å². The van der Waals surface area contributed by atoms with Gasteiger partial charge in [0.2, 0.25) is 0 Å². The lowest BCUT2D eigenvalue weighted by Crippen LogP contribution is -2.09. The van der Waals surface area contributed by atoms with Crippen molar-refractivity contribution in [1.29, 1.82) is 0 Å². The van der Waals surface area contributed by atoms with Gasteiger partial charge < -0.3 is 9.88 Å². The third-order valence-corrected chi connectivity index (χ3v) is 6.39. The molecule has 5 nitrogen and oxygen atoms in total. The van der Waals surface area contributed by atoms with Gasteiger partial charge in [0.05, 0.1) is 38.0 Å². The van der Waals surface area contributed by atoms with Crippen LogP contribution in [0.2, 0.25) is 10.0 Å². The Morgan fingerprint density at radius 2 is 1.90 bits per heavy atom. The van der Waals surface area contributed by atoms with Crippen molar-refractivity contribution < 1.29 is 4.79 Å². The molecule has 0 saturated carbocycles. The maximum Gasteiger partial charge on any atom is 0.286 e. The van der Waals surface area contributed by atoms with Gasteiger partial charge in [0, 0.05) is 6.54 Å². The number of fused-ring (bicyclic) bond motifs is 1. The average Bonchev–Trinajstić information content (AvgIpc) is 3.25. The Morgan fingerprint density at radius 1 is 1.16 bits per heavy atom. The van der Waals surface area contributed by atoms with Crippen LogP contribution in [0.5, 0.6) is 0 Å². The summed E-state index contributed by atoms with van der Waals surface area (Å²) < 4.78 is 2.16. The lowest BCUT2D eigenvalue weighted by atomic mass is 9.92. The van der Waals surface area contributed by atoms with E-state index in [4.69, 9.17) is 23.2 Å². The number of nitrogens with zero attached hydrogens (tertiary/aromatic N) is 3. The maximum absolute atomic E-state index is 12.4. The molecule has 0 saturated heterocycles. The molecule has 1 aromatic heterocycles. The highest BCUT2D eigenvalue weighted by Gasteiger charge is 2.23. The number of amidine groups is 1. The topological polar surface area (TPSA) is 59.3 Å². The molecule has 0 bridgehead atoms. The van der Waals surface area contributed by atoms with E-state index >= 15 is 0 Å². The van der Waals surface area contributed by atoms with Gasteiger partial charge in [-0.25, -0.2) is 4.98 Å². The number of benzene rings is 2. The van der Waals surface area contributed by atoms with Crippen molar-refractivity contribution in [3.8, 4) is 0 Å². The standard InChI is InChI=1S/C23H22Cl2N4OS/c1-23(2,3)9-10-29-13-26-17-8-7-14(11-18(17)29)12-19-21(30)28-22(31-19)27-20-15(24)5-4-6-16(20)25/h4-8,11-13H,9-10H2,1-3H3,(H,27,28,30)/b19-12-. The minimum atomic E-state index is -0.294. The highest BCUT2D eigenvalue weighted by atomic mass is 35.5. The number of aliphatic imine (C=N–C) groups is 1. The summed E-state index contributed by atoms with van der Waals surface area (Å²) in [7, 11) is 0. The Morgan fingerprint density at radius 3 is 2.61 bits per heavy atom. The molecule has 3 aromatic rings. The Kier molecular flexibility index (Phi) is 6.15. The van der Waals surface area contributed by atoms with Gasteiger partial charge in [-0.05, 0) is 59.5 Å². The summed E-state index contributed by atoms with van der Waals surface area (Å²) in [6, 6.07) is 11.2. The van der Waals surface area contributed by atoms with Gasteiger partial charge in [-0.2, -0.15) is 4.99 Å². The number of rotatable bonds is 4. The summed E-state index contributed by atoms with van der Waals surface area (Å²) in [5, 5.41) is 4.44. The number of halogens is 2. The van der Waals surface area contributed by atoms with Crippen molar-refractivity contribution in [3.63, 3.8) is 0 Å². The number of amides is 1. The molecular weight excluding hydrogens is 451 g/mol. The van der Waals surface area contributed by atoms with E-state index in [0.717, 1.165) is 29.6 Å². The Balaban J connectivity index is 1.54. The van der Waals surface area contributed by atoms with Crippen molar-refractivity contribution in [2.75, 3.05) is 5.32 Å². The number of aryl methyl sites for hydroxylation is 1. The molecule has 2 aromatic carbocycles. The molecule has 0 fully saturated rings. The number of para-hydroxylation sites is 1. The number of carbonyl (C=O) groups excluding carboxylic acids is 1. The molecule has 8 heteroatoms. The predicted octanol–water partition coefficient (Wildman–Crippen LogP) is 6.86. The number of thioether (sulfide) groups is 1. The van der Waals surface area contributed by atoms with E-state index in [0.29, 0.717) is 25.8 Å².